The summed E-state index contributed by atoms with van der Waals surface area (Å²) in [6, 6.07) is 5.04. The van der Waals surface area contributed by atoms with E-state index in [4.69, 9.17) is 0 Å². The molecular weight excluding hydrogens is 270 g/mol. The lowest BCUT2D eigenvalue weighted by Gasteiger charge is -2.37. The fourth-order valence-corrected chi connectivity index (χ4v) is 2.32. The van der Waals surface area contributed by atoms with Crippen molar-refractivity contribution in [2.45, 2.75) is 13.0 Å². The Morgan fingerprint density at radius 2 is 1.95 bits per heavy atom. The Bertz CT molecular complexity index is 485. The van der Waals surface area contributed by atoms with Crippen LogP contribution in [0, 0.1) is 0 Å². The largest absolute Gasteiger partial charge is 0.354 e. The summed E-state index contributed by atoms with van der Waals surface area (Å²) >= 11 is 0. The number of nitrogens with one attached hydrogen (secondary N) is 2. The zero-order chi connectivity index (χ0) is 15.2. The summed E-state index contributed by atoms with van der Waals surface area (Å²) < 4.78 is 0. The van der Waals surface area contributed by atoms with Gasteiger partial charge in [0.1, 0.15) is 5.82 Å². The Morgan fingerprint density at radius 1 is 1.24 bits per heavy atom. The standard InChI is InChI=1S/C14H21N5O2/c1-11(13(20)17-14(21)15-2)18-7-9-19(10-8-18)12-5-3-4-6-16-12/h3-6,11H,7-10H2,1-2H3,(H2,15,17,20,21)/t11-/m0/s1. The number of hydrogen-bond acceptors (Lipinski definition) is 5. The molecule has 1 aliphatic heterocycles. The molecule has 1 atom stereocenters. The number of piperazine rings is 1. The van der Waals surface area contributed by atoms with Crippen molar-refractivity contribution < 1.29 is 9.59 Å². The molecule has 7 nitrogen and oxygen atoms in total. The molecule has 1 aliphatic rings. The van der Waals surface area contributed by atoms with Crippen LogP contribution in [0.25, 0.3) is 0 Å². The molecule has 1 aromatic rings. The molecule has 0 bridgehead atoms. The Balaban J connectivity index is 1.86. The van der Waals surface area contributed by atoms with E-state index in [-0.39, 0.29) is 11.9 Å². The van der Waals surface area contributed by atoms with Gasteiger partial charge in [0.2, 0.25) is 5.91 Å². The highest BCUT2D eigenvalue weighted by Crippen LogP contribution is 2.13. The van der Waals surface area contributed by atoms with Gasteiger partial charge in [-0.2, -0.15) is 0 Å². The lowest BCUT2D eigenvalue weighted by atomic mass is 10.2. The van der Waals surface area contributed by atoms with E-state index in [1.54, 1.807) is 6.20 Å². The van der Waals surface area contributed by atoms with Gasteiger partial charge in [0.25, 0.3) is 0 Å². The number of anilines is 1. The third kappa shape index (κ3) is 3.91. The van der Waals surface area contributed by atoms with Crippen LogP contribution in [0.4, 0.5) is 10.6 Å². The van der Waals surface area contributed by atoms with E-state index in [1.165, 1.54) is 7.05 Å². The van der Waals surface area contributed by atoms with E-state index in [2.05, 4.69) is 25.4 Å². The first-order valence-corrected chi connectivity index (χ1v) is 7.04. The lowest BCUT2D eigenvalue weighted by molar-refractivity contribution is -0.124. The molecule has 3 amide bonds. The van der Waals surface area contributed by atoms with E-state index < -0.39 is 6.03 Å². The van der Waals surface area contributed by atoms with E-state index >= 15 is 0 Å². The fraction of sp³-hybridized carbons (Fsp3) is 0.500. The molecule has 0 radical (unpaired) electrons. The maximum absolute atomic E-state index is 11.9. The van der Waals surface area contributed by atoms with Crippen LogP contribution in [0.3, 0.4) is 0 Å². The summed E-state index contributed by atoms with van der Waals surface area (Å²) in [7, 11) is 1.49. The molecule has 1 aromatic heterocycles. The molecule has 1 fully saturated rings. The Hall–Kier alpha value is -2.15. The molecular formula is C14H21N5O2. The zero-order valence-electron chi connectivity index (χ0n) is 12.4. The number of nitrogens with zero attached hydrogens (tertiary/aromatic N) is 3. The number of carbonyl (C=O) groups is 2. The predicted octanol–water partition coefficient (Wildman–Crippen LogP) is 0.0477. The fourth-order valence-electron chi connectivity index (χ4n) is 2.32. The topological polar surface area (TPSA) is 77.6 Å². The van der Waals surface area contributed by atoms with Crippen LogP contribution in [0.15, 0.2) is 24.4 Å². The van der Waals surface area contributed by atoms with Crippen LogP contribution in [0.1, 0.15) is 6.92 Å². The van der Waals surface area contributed by atoms with Crippen LogP contribution in [-0.4, -0.2) is 61.1 Å². The summed E-state index contributed by atoms with van der Waals surface area (Å²) in [5.74, 6) is 0.681. The number of urea groups is 1. The Kier molecular flexibility index (Phi) is 5.10. The maximum atomic E-state index is 11.9. The summed E-state index contributed by atoms with van der Waals surface area (Å²) in [5, 5.41) is 4.69. The summed E-state index contributed by atoms with van der Waals surface area (Å²) in [6.45, 7) is 4.97. The number of rotatable bonds is 3. The lowest BCUT2D eigenvalue weighted by Crippen LogP contribution is -2.55. The number of amides is 3. The maximum Gasteiger partial charge on any atom is 0.321 e. The van der Waals surface area contributed by atoms with E-state index in [1.807, 2.05) is 25.1 Å². The van der Waals surface area contributed by atoms with Gasteiger partial charge in [-0.25, -0.2) is 9.78 Å². The average molecular weight is 291 g/mol. The molecule has 0 aliphatic carbocycles. The predicted molar refractivity (Wildman–Crippen MR) is 80.1 cm³/mol. The monoisotopic (exact) mass is 291 g/mol. The Morgan fingerprint density at radius 3 is 2.52 bits per heavy atom. The Labute approximate surface area is 124 Å². The normalized spacial score (nSPS) is 17.1. The molecule has 1 saturated heterocycles. The second-order valence-corrected chi connectivity index (χ2v) is 4.96. The third-order valence-electron chi connectivity index (χ3n) is 3.68. The van der Waals surface area contributed by atoms with Gasteiger partial charge in [0.05, 0.1) is 6.04 Å². The number of pyridine rings is 1. The van der Waals surface area contributed by atoms with Crippen molar-refractivity contribution >= 4 is 17.8 Å². The highest BCUT2D eigenvalue weighted by atomic mass is 16.2. The first kappa shape index (κ1) is 15.2. The van der Waals surface area contributed by atoms with Crippen LogP contribution in [0.5, 0.6) is 0 Å². The van der Waals surface area contributed by atoms with E-state index in [0.717, 1.165) is 32.0 Å². The second-order valence-electron chi connectivity index (χ2n) is 4.96. The van der Waals surface area contributed by atoms with Crippen LogP contribution in [0.2, 0.25) is 0 Å². The number of carbonyl (C=O) groups excluding carboxylic acids is 2. The highest BCUT2D eigenvalue weighted by molar-refractivity contribution is 5.96. The number of aromatic nitrogens is 1. The van der Waals surface area contributed by atoms with Gasteiger partial charge in [0.15, 0.2) is 0 Å². The van der Waals surface area contributed by atoms with Crippen molar-refractivity contribution in [3.05, 3.63) is 24.4 Å². The highest BCUT2D eigenvalue weighted by Gasteiger charge is 2.26. The van der Waals surface area contributed by atoms with Crippen molar-refractivity contribution in [3.8, 4) is 0 Å². The van der Waals surface area contributed by atoms with Gasteiger partial charge in [-0.05, 0) is 19.1 Å². The van der Waals surface area contributed by atoms with Crippen LogP contribution in [-0.2, 0) is 4.79 Å². The minimum atomic E-state index is -0.473. The van der Waals surface area contributed by atoms with Gasteiger partial charge in [-0.3, -0.25) is 15.0 Å². The molecule has 0 aromatic carbocycles. The molecule has 2 N–H and O–H groups in total. The molecule has 0 spiro atoms. The molecule has 7 heteroatoms. The van der Waals surface area contributed by atoms with Crippen molar-refractivity contribution in [1.29, 1.82) is 0 Å². The average Bonchev–Trinajstić information content (AvgIpc) is 2.55. The summed E-state index contributed by atoms with van der Waals surface area (Å²) in [4.78, 5) is 31.7. The minimum Gasteiger partial charge on any atom is -0.354 e. The number of imide groups is 1. The zero-order valence-corrected chi connectivity index (χ0v) is 12.4. The smallest absolute Gasteiger partial charge is 0.321 e. The van der Waals surface area contributed by atoms with Gasteiger partial charge in [-0.15, -0.1) is 0 Å². The minimum absolute atomic E-state index is 0.277. The van der Waals surface area contributed by atoms with Crippen molar-refractivity contribution in [2.24, 2.45) is 0 Å². The first-order valence-electron chi connectivity index (χ1n) is 7.04. The summed E-state index contributed by atoms with van der Waals surface area (Å²) in [5.41, 5.74) is 0. The SMILES string of the molecule is CNC(=O)NC(=O)[C@H](C)N1CCN(c2ccccn2)CC1. The van der Waals surface area contributed by atoms with Gasteiger partial charge in [-0.1, -0.05) is 6.07 Å². The molecule has 2 heterocycles. The third-order valence-corrected chi connectivity index (χ3v) is 3.68. The van der Waals surface area contributed by atoms with Gasteiger partial charge in [0, 0.05) is 39.4 Å². The molecule has 2 rings (SSSR count). The summed E-state index contributed by atoms with van der Waals surface area (Å²) in [6.07, 6.45) is 1.78. The van der Waals surface area contributed by atoms with E-state index in [9.17, 15) is 9.59 Å². The quantitative estimate of drug-likeness (QED) is 0.823. The second kappa shape index (κ2) is 7.03. The van der Waals surface area contributed by atoms with Gasteiger partial charge >= 0.3 is 6.03 Å². The molecule has 0 unspecified atom stereocenters. The van der Waals surface area contributed by atoms with Crippen molar-refractivity contribution in [1.82, 2.24) is 20.5 Å². The van der Waals surface area contributed by atoms with Crippen molar-refractivity contribution in [2.75, 3.05) is 38.1 Å². The van der Waals surface area contributed by atoms with Crippen molar-refractivity contribution in [3.63, 3.8) is 0 Å². The van der Waals surface area contributed by atoms with E-state index in [0.29, 0.717) is 0 Å². The van der Waals surface area contributed by atoms with Crippen LogP contribution < -0.4 is 15.5 Å². The molecule has 21 heavy (non-hydrogen) atoms. The van der Waals surface area contributed by atoms with Gasteiger partial charge < -0.3 is 10.2 Å². The van der Waals surface area contributed by atoms with Crippen LogP contribution >= 0.6 is 0 Å². The molecule has 0 saturated carbocycles. The first-order chi connectivity index (χ1) is 10.1. The number of hydrogen-bond donors (Lipinski definition) is 2. The molecule has 114 valence electrons.